The summed E-state index contributed by atoms with van der Waals surface area (Å²) in [4.78, 5) is 20.2. The van der Waals surface area contributed by atoms with Gasteiger partial charge in [-0.2, -0.15) is 0 Å². The number of amides is 1. The van der Waals surface area contributed by atoms with Crippen LogP contribution in [0.2, 0.25) is 5.15 Å². The number of carbonyl (C=O) groups is 1. The largest absolute Gasteiger partial charge is 0.322 e. The van der Waals surface area contributed by atoms with Crippen LogP contribution in [0.5, 0.6) is 0 Å². The van der Waals surface area contributed by atoms with E-state index in [1.165, 1.54) is 6.07 Å². The van der Waals surface area contributed by atoms with Crippen LogP contribution in [-0.2, 0) is 0 Å². The Kier molecular flexibility index (Phi) is 5.23. The lowest BCUT2D eigenvalue weighted by Gasteiger charge is -2.10. The van der Waals surface area contributed by atoms with Crippen molar-refractivity contribution in [1.29, 1.82) is 0 Å². The molecule has 0 radical (unpaired) electrons. The van der Waals surface area contributed by atoms with Gasteiger partial charge in [0.05, 0.1) is 11.3 Å². The van der Waals surface area contributed by atoms with Gasteiger partial charge in [-0.3, -0.25) is 9.78 Å². The first kappa shape index (κ1) is 17.9. The topological polar surface area (TPSA) is 54.9 Å². The number of aromatic nitrogens is 2. The van der Waals surface area contributed by atoms with E-state index in [0.29, 0.717) is 16.5 Å². The summed E-state index contributed by atoms with van der Waals surface area (Å²) in [5.74, 6) is -0.438. The van der Waals surface area contributed by atoms with Gasteiger partial charge in [-0.05, 0) is 48.9 Å². The van der Waals surface area contributed by atoms with Crippen molar-refractivity contribution in [3.63, 3.8) is 0 Å². The fourth-order valence-electron chi connectivity index (χ4n) is 2.41. The molecule has 3 rings (SSSR count). The van der Waals surface area contributed by atoms with Crippen LogP contribution < -0.4 is 5.32 Å². The highest BCUT2D eigenvalue weighted by atomic mass is 35.5. The minimum absolute atomic E-state index is 0.192. The molecule has 0 unspecified atom stereocenters. The van der Waals surface area contributed by atoms with Crippen molar-refractivity contribution in [3.8, 4) is 11.3 Å². The summed E-state index contributed by atoms with van der Waals surface area (Å²) in [5.41, 5.74) is 2.87. The molecule has 2 aromatic heterocycles. The average Bonchev–Trinajstić information content (AvgIpc) is 2.63. The van der Waals surface area contributed by atoms with Gasteiger partial charge < -0.3 is 5.32 Å². The third kappa shape index (κ3) is 4.03. The molecular formula is C19H14ClF2N3O. The molecule has 132 valence electrons. The summed E-state index contributed by atoms with van der Waals surface area (Å²) in [6, 6.07) is 13.1. The molecule has 26 heavy (non-hydrogen) atoms. The number of hydrogen-bond donors (Lipinski definition) is 1. The van der Waals surface area contributed by atoms with Crippen LogP contribution in [0.15, 0.2) is 54.7 Å². The van der Waals surface area contributed by atoms with Gasteiger partial charge in [-0.25, -0.2) is 13.8 Å². The zero-order chi connectivity index (χ0) is 18.7. The Morgan fingerprint density at radius 2 is 1.96 bits per heavy atom. The SMILES string of the molecule is Cc1ccc(NC(=O)c2ccc(C(F)F)nc2)cc1-c1cccc(Cl)n1. The second kappa shape index (κ2) is 7.58. The Morgan fingerprint density at radius 1 is 1.15 bits per heavy atom. The molecule has 0 aliphatic heterocycles. The maximum absolute atomic E-state index is 12.5. The molecule has 0 saturated carbocycles. The van der Waals surface area contributed by atoms with E-state index >= 15 is 0 Å². The molecule has 0 bridgehead atoms. The summed E-state index contributed by atoms with van der Waals surface area (Å²) in [5, 5.41) is 3.11. The molecule has 0 aliphatic carbocycles. The molecular weight excluding hydrogens is 360 g/mol. The van der Waals surface area contributed by atoms with E-state index < -0.39 is 12.3 Å². The number of carbonyl (C=O) groups excluding carboxylic acids is 1. The number of anilines is 1. The first-order chi connectivity index (χ1) is 12.4. The zero-order valence-corrected chi connectivity index (χ0v) is 14.5. The van der Waals surface area contributed by atoms with Gasteiger partial charge in [0.15, 0.2) is 0 Å². The van der Waals surface area contributed by atoms with E-state index in [1.807, 2.05) is 19.1 Å². The van der Waals surface area contributed by atoms with Crippen LogP contribution in [0.1, 0.15) is 28.0 Å². The van der Waals surface area contributed by atoms with Crippen molar-refractivity contribution >= 4 is 23.2 Å². The molecule has 7 heteroatoms. The number of aryl methyl sites for hydroxylation is 1. The number of nitrogens with zero attached hydrogens (tertiary/aromatic N) is 2. The van der Waals surface area contributed by atoms with E-state index in [0.717, 1.165) is 23.4 Å². The molecule has 1 N–H and O–H groups in total. The van der Waals surface area contributed by atoms with Crippen LogP contribution in [0, 0.1) is 6.92 Å². The third-order valence-corrected chi connectivity index (χ3v) is 3.97. The normalized spacial score (nSPS) is 10.8. The highest BCUT2D eigenvalue weighted by Gasteiger charge is 2.12. The molecule has 0 atom stereocenters. The summed E-state index contributed by atoms with van der Waals surface area (Å²) in [7, 11) is 0. The summed E-state index contributed by atoms with van der Waals surface area (Å²) in [6.07, 6.45) is -1.54. The van der Waals surface area contributed by atoms with Crippen molar-refractivity contribution in [3.05, 3.63) is 76.7 Å². The molecule has 0 saturated heterocycles. The van der Waals surface area contributed by atoms with Crippen LogP contribution in [0.4, 0.5) is 14.5 Å². The lowest BCUT2D eigenvalue weighted by atomic mass is 10.0. The summed E-state index contributed by atoms with van der Waals surface area (Å²) < 4.78 is 25.1. The molecule has 0 fully saturated rings. The number of halogens is 3. The third-order valence-electron chi connectivity index (χ3n) is 3.76. The van der Waals surface area contributed by atoms with Crippen LogP contribution in [0.3, 0.4) is 0 Å². The van der Waals surface area contributed by atoms with Crippen molar-refractivity contribution < 1.29 is 13.6 Å². The van der Waals surface area contributed by atoms with Crippen molar-refractivity contribution in [1.82, 2.24) is 9.97 Å². The molecule has 0 spiro atoms. The quantitative estimate of drug-likeness (QED) is 0.632. The monoisotopic (exact) mass is 373 g/mol. The molecule has 1 amide bonds. The van der Waals surface area contributed by atoms with Crippen LogP contribution in [-0.4, -0.2) is 15.9 Å². The van der Waals surface area contributed by atoms with Gasteiger partial charge in [0.1, 0.15) is 10.8 Å². The van der Waals surface area contributed by atoms with E-state index in [4.69, 9.17) is 11.6 Å². The van der Waals surface area contributed by atoms with Gasteiger partial charge in [0, 0.05) is 17.4 Å². The standard InChI is InChI=1S/C19H14ClF2N3O/c1-11-5-7-13(9-14(11)15-3-2-4-17(20)25-15)24-19(26)12-6-8-16(18(21)22)23-10-12/h2-10,18H,1H3,(H,24,26). The van der Waals surface area contributed by atoms with E-state index in [-0.39, 0.29) is 11.3 Å². The lowest BCUT2D eigenvalue weighted by Crippen LogP contribution is -2.12. The Balaban J connectivity index is 1.84. The van der Waals surface area contributed by atoms with Gasteiger partial charge in [0.2, 0.25) is 0 Å². The predicted octanol–water partition coefficient (Wildman–Crippen LogP) is 5.30. The summed E-state index contributed by atoms with van der Waals surface area (Å²) >= 11 is 5.95. The van der Waals surface area contributed by atoms with Crippen LogP contribution in [0.25, 0.3) is 11.3 Å². The number of pyridine rings is 2. The van der Waals surface area contributed by atoms with E-state index in [9.17, 15) is 13.6 Å². The molecule has 2 heterocycles. The number of nitrogens with one attached hydrogen (secondary N) is 1. The zero-order valence-electron chi connectivity index (χ0n) is 13.7. The second-order valence-electron chi connectivity index (χ2n) is 5.60. The Hall–Kier alpha value is -2.86. The number of benzene rings is 1. The fourth-order valence-corrected chi connectivity index (χ4v) is 2.57. The highest BCUT2D eigenvalue weighted by Crippen LogP contribution is 2.26. The molecule has 3 aromatic rings. The van der Waals surface area contributed by atoms with Gasteiger partial charge in [-0.15, -0.1) is 0 Å². The molecule has 0 aliphatic rings. The van der Waals surface area contributed by atoms with Crippen molar-refractivity contribution in [2.24, 2.45) is 0 Å². The Labute approximate surface area is 153 Å². The van der Waals surface area contributed by atoms with Crippen molar-refractivity contribution in [2.75, 3.05) is 5.32 Å². The summed E-state index contributed by atoms with van der Waals surface area (Å²) in [6.45, 7) is 1.93. The number of hydrogen-bond acceptors (Lipinski definition) is 3. The molecule has 1 aromatic carbocycles. The Bertz CT molecular complexity index is 946. The minimum Gasteiger partial charge on any atom is -0.322 e. The van der Waals surface area contributed by atoms with Gasteiger partial charge in [0.25, 0.3) is 12.3 Å². The lowest BCUT2D eigenvalue weighted by molar-refractivity contribution is 0.102. The average molecular weight is 374 g/mol. The van der Waals surface area contributed by atoms with E-state index in [2.05, 4.69) is 15.3 Å². The van der Waals surface area contributed by atoms with Gasteiger partial charge >= 0.3 is 0 Å². The predicted molar refractivity (Wildman–Crippen MR) is 96.6 cm³/mol. The smallest absolute Gasteiger partial charge is 0.280 e. The van der Waals surface area contributed by atoms with Gasteiger partial charge in [-0.1, -0.05) is 23.7 Å². The first-order valence-corrected chi connectivity index (χ1v) is 8.11. The molecule has 4 nitrogen and oxygen atoms in total. The maximum Gasteiger partial charge on any atom is 0.280 e. The number of alkyl halides is 2. The second-order valence-corrected chi connectivity index (χ2v) is 5.99. The fraction of sp³-hybridized carbons (Fsp3) is 0.105. The van der Waals surface area contributed by atoms with Crippen molar-refractivity contribution in [2.45, 2.75) is 13.3 Å². The first-order valence-electron chi connectivity index (χ1n) is 7.73. The maximum atomic E-state index is 12.5. The highest BCUT2D eigenvalue weighted by molar-refractivity contribution is 6.29. The number of rotatable bonds is 4. The minimum atomic E-state index is -2.67. The Morgan fingerprint density at radius 3 is 2.62 bits per heavy atom. The van der Waals surface area contributed by atoms with Crippen LogP contribution >= 0.6 is 11.6 Å². The van der Waals surface area contributed by atoms with E-state index in [1.54, 1.807) is 24.3 Å².